The van der Waals surface area contributed by atoms with Crippen molar-refractivity contribution in [1.82, 2.24) is 0 Å². The number of hydrogen-bond donors (Lipinski definition) is 2. The van der Waals surface area contributed by atoms with Crippen molar-refractivity contribution in [3.05, 3.63) is 70.8 Å². The Morgan fingerprint density at radius 2 is 0.917 bits per heavy atom. The SMILES string of the molecule is Cl.Cl.NCCc1ccccc1CSSCc1ccccc1CCN. The Bertz CT molecular complexity index is 531. The first-order valence-electron chi connectivity index (χ1n) is 7.63. The molecule has 0 aliphatic carbocycles. The van der Waals surface area contributed by atoms with Gasteiger partial charge in [-0.2, -0.15) is 0 Å². The van der Waals surface area contributed by atoms with E-state index in [9.17, 15) is 0 Å². The topological polar surface area (TPSA) is 52.0 Å². The van der Waals surface area contributed by atoms with Gasteiger partial charge >= 0.3 is 0 Å². The highest BCUT2D eigenvalue weighted by Crippen LogP contribution is 2.31. The summed E-state index contributed by atoms with van der Waals surface area (Å²) in [5.41, 5.74) is 16.9. The Morgan fingerprint density at radius 1 is 0.583 bits per heavy atom. The van der Waals surface area contributed by atoms with Crippen LogP contribution in [0.2, 0.25) is 0 Å². The van der Waals surface area contributed by atoms with Gasteiger partial charge in [-0.3, -0.25) is 0 Å². The zero-order valence-corrected chi connectivity index (χ0v) is 16.9. The highest BCUT2D eigenvalue weighted by Gasteiger charge is 2.04. The Balaban J connectivity index is 0.00000264. The van der Waals surface area contributed by atoms with Crippen molar-refractivity contribution >= 4 is 46.4 Å². The van der Waals surface area contributed by atoms with Crippen LogP contribution in [-0.4, -0.2) is 13.1 Å². The van der Waals surface area contributed by atoms with Crippen LogP contribution in [0, 0.1) is 0 Å². The van der Waals surface area contributed by atoms with Crippen LogP contribution in [0.5, 0.6) is 0 Å². The summed E-state index contributed by atoms with van der Waals surface area (Å²) >= 11 is 0. The van der Waals surface area contributed by atoms with Gasteiger partial charge in [0.1, 0.15) is 0 Å². The lowest BCUT2D eigenvalue weighted by molar-refractivity contribution is 0.956. The van der Waals surface area contributed by atoms with Crippen LogP contribution in [0.25, 0.3) is 0 Å². The van der Waals surface area contributed by atoms with Crippen LogP contribution in [-0.2, 0) is 24.3 Å². The summed E-state index contributed by atoms with van der Waals surface area (Å²) in [5, 5.41) is 0. The van der Waals surface area contributed by atoms with E-state index in [0.29, 0.717) is 13.1 Å². The van der Waals surface area contributed by atoms with Crippen LogP contribution >= 0.6 is 46.4 Å². The van der Waals surface area contributed by atoms with Crippen LogP contribution in [0.4, 0.5) is 0 Å². The molecular formula is C18H26Cl2N2S2. The summed E-state index contributed by atoms with van der Waals surface area (Å²) < 4.78 is 0. The monoisotopic (exact) mass is 404 g/mol. The molecule has 0 aliphatic heterocycles. The van der Waals surface area contributed by atoms with Gasteiger partial charge in [-0.25, -0.2) is 0 Å². The molecule has 2 aromatic rings. The second kappa shape index (κ2) is 13.9. The van der Waals surface area contributed by atoms with Crippen molar-refractivity contribution in [2.75, 3.05) is 13.1 Å². The van der Waals surface area contributed by atoms with Gasteiger partial charge in [0.2, 0.25) is 0 Å². The van der Waals surface area contributed by atoms with Gasteiger partial charge in [0.05, 0.1) is 0 Å². The van der Waals surface area contributed by atoms with Crippen molar-refractivity contribution in [3.8, 4) is 0 Å². The third-order valence-electron chi connectivity index (χ3n) is 3.58. The second-order valence-corrected chi connectivity index (χ2v) is 7.60. The zero-order valence-electron chi connectivity index (χ0n) is 13.6. The minimum atomic E-state index is 0. The smallest absolute Gasteiger partial charge is 0.0291 e. The first-order chi connectivity index (χ1) is 10.8. The van der Waals surface area contributed by atoms with E-state index in [4.69, 9.17) is 11.5 Å². The number of rotatable bonds is 9. The van der Waals surface area contributed by atoms with E-state index in [1.54, 1.807) is 0 Å². The lowest BCUT2D eigenvalue weighted by Gasteiger charge is -2.10. The first-order valence-corrected chi connectivity index (χ1v) is 10.1. The summed E-state index contributed by atoms with van der Waals surface area (Å²) in [6, 6.07) is 17.2. The largest absolute Gasteiger partial charge is 0.330 e. The highest BCUT2D eigenvalue weighted by molar-refractivity contribution is 8.76. The second-order valence-electron chi connectivity index (χ2n) is 5.14. The van der Waals surface area contributed by atoms with Gasteiger partial charge in [-0.1, -0.05) is 70.1 Å². The molecule has 6 heteroatoms. The molecule has 0 spiro atoms. The molecule has 2 aromatic carbocycles. The molecule has 2 nitrogen and oxygen atoms in total. The van der Waals surface area contributed by atoms with Gasteiger partial charge < -0.3 is 11.5 Å². The van der Waals surface area contributed by atoms with Crippen molar-refractivity contribution in [3.63, 3.8) is 0 Å². The minimum absolute atomic E-state index is 0. The lowest BCUT2D eigenvalue weighted by atomic mass is 10.1. The minimum Gasteiger partial charge on any atom is -0.330 e. The summed E-state index contributed by atoms with van der Waals surface area (Å²) in [4.78, 5) is 0. The van der Waals surface area contributed by atoms with Gasteiger partial charge in [0.15, 0.2) is 0 Å². The number of halogens is 2. The molecule has 0 aromatic heterocycles. The standard InChI is InChI=1S/C18H24N2S2.2ClH/c19-11-9-15-5-1-3-7-17(15)13-21-22-14-18-8-4-2-6-16(18)10-12-20;;/h1-8H,9-14,19-20H2;2*1H. The average Bonchev–Trinajstić information content (AvgIpc) is 2.55. The van der Waals surface area contributed by atoms with Gasteiger partial charge in [0, 0.05) is 11.5 Å². The fourth-order valence-electron chi connectivity index (χ4n) is 2.41. The third-order valence-corrected chi connectivity index (χ3v) is 5.81. The van der Waals surface area contributed by atoms with Gasteiger partial charge in [-0.05, 0) is 48.2 Å². The summed E-state index contributed by atoms with van der Waals surface area (Å²) in [6.45, 7) is 1.42. The number of nitrogens with two attached hydrogens (primary N) is 2. The molecule has 0 unspecified atom stereocenters. The molecule has 0 fully saturated rings. The maximum atomic E-state index is 5.68. The van der Waals surface area contributed by atoms with E-state index in [-0.39, 0.29) is 24.8 Å². The van der Waals surface area contributed by atoms with Crippen molar-refractivity contribution in [2.24, 2.45) is 11.5 Å². The third kappa shape index (κ3) is 7.68. The quantitative estimate of drug-likeness (QED) is 0.472. The summed E-state index contributed by atoms with van der Waals surface area (Å²) in [7, 11) is 3.83. The molecule has 24 heavy (non-hydrogen) atoms. The molecule has 0 amide bonds. The molecule has 0 saturated carbocycles. The Labute approximate surface area is 165 Å². The van der Waals surface area contributed by atoms with E-state index in [2.05, 4.69) is 48.5 Å². The van der Waals surface area contributed by atoms with Crippen LogP contribution in [0.3, 0.4) is 0 Å². The van der Waals surface area contributed by atoms with Crippen molar-refractivity contribution in [1.29, 1.82) is 0 Å². The van der Waals surface area contributed by atoms with E-state index in [0.717, 1.165) is 24.3 Å². The fraction of sp³-hybridized carbons (Fsp3) is 0.333. The maximum absolute atomic E-state index is 5.68. The average molecular weight is 405 g/mol. The van der Waals surface area contributed by atoms with E-state index >= 15 is 0 Å². The van der Waals surface area contributed by atoms with Crippen LogP contribution in [0.1, 0.15) is 22.3 Å². The van der Waals surface area contributed by atoms with E-state index in [1.807, 2.05) is 21.6 Å². The fourth-order valence-corrected chi connectivity index (χ4v) is 4.65. The Morgan fingerprint density at radius 3 is 1.25 bits per heavy atom. The predicted molar refractivity (Wildman–Crippen MR) is 115 cm³/mol. The Kier molecular flexibility index (Phi) is 13.7. The molecule has 0 saturated heterocycles. The predicted octanol–water partition coefficient (Wildman–Crippen LogP) is 4.61. The van der Waals surface area contributed by atoms with Crippen LogP contribution in [0.15, 0.2) is 48.5 Å². The first kappa shape index (κ1) is 23.6. The Hall–Kier alpha value is -0.360. The van der Waals surface area contributed by atoms with E-state index in [1.165, 1.54) is 22.3 Å². The molecule has 0 bridgehead atoms. The lowest BCUT2D eigenvalue weighted by Crippen LogP contribution is -2.05. The van der Waals surface area contributed by atoms with Crippen molar-refractivity contribution < 1.29 is 0 Å². The number of benzene rings is 2. The van der Waals surface area contributed by atoms with Gasteiger partial charge in [-0.15, -0.1) is 24.8 Å². The number of hydrogen-bond acceptors (Lipinski definition) is 4. The van der Waals surface area contributed by atoms with Crippen molar-refractivity contribution in [2.45, 2.75) is 24.3 Å². The molecule has 0 aliphatic rings. The van der Waals surface area contributed by atoms with Gasteiger partial charge in [0.25, 0.3) is 0 Å². The summed E-state index contributed by atoms with van der Waals surface area (Å²) in [5.74, 6) is 2.06. The van der Waals surface area contributed by atoms with E-state index < -0.39 is 0 Å². The molecule has 0 heterocycles. The molecule has 4 N–H and O–H groups in total. The highest BCUT2D eigenvalue weighted by atomic mass is 35.5. The molecule has 2 rings (SSSR count). The normalized spacial score (nSPS) is 9.92. The maximum Gasteiger partial charge on any atom is 0.0291 e. The molecule has 0 radical (unpaired) electrons. The zero-order chi connectivity index (χ0) is 15.6. The van der Waals surface area contributed by atoms with Crippen LogP contribution < -0.4 is 11.5 Å². The molecule has 0 atom stereocenters. The summed E-state index contributed by atoms with van der Waals surface area (Å²) in [6.07, 6.45) is 1.92. The molecular weight excluding hydrogens is 379 g/mol. The molecule has 134 valence electrons.